The van der Waals surface area contributed by atoms with Crippen molar-refractivity contribution in [2.24, 2.45) is 0 Å². The fraction of sp³-hybridized carbons (Fsp3) is 0.143. The van der Waals surface area contributed by atoms with Gasteiger partial charge in [0.25, 0.3) is 5.91 Å². The maximum atomic E-state index is 12.9. The highest BCUT2D eigenvalue weighted by molar-refractivity contribution is 7.89. The molecule has 3 aromatic rings. The van der Waals surface area contributed by atoms with Gasteiger partial charge in [0.05, 0.1) is 7.11 Å². The summed E-state index contributed by atoms with van der Waals surface area (Å²) in [5.74, 6) is 0.0230. The number of rotatable bonds is 7. The van der Waals surface area contributed by atoms with Crippen LogP contribution in [0.1, 0.15) is 21.5 Å². The van der Waals surface area contributed by atoms with Crippen molar-refractivity contribution in [3.05, 3.63) is 82.5 Å². The number of anilines is 1. The number of ether oxygens (including phenoxy) is 1. The Morgan fingerprint density at radius 1 is 1.10 bits per heavy atom. The van der Waals surface area contributed by atoms with E-state index in [9.17, 15) is 13.2 Å². The number of aromatic nitrogens is 1. The van der Waals surface area contributed by atoms with Gasteiger partial charge in [-0.2, -0.15) is 0 Å². The van der Waals surface area contributed by atoms with E-state index in [0.717, 1.165) is 11.1 Å². The van der Waals surface area contributed by atoms with Crippen LogP contribution in [-0.2, 0) is 16.6 Å². The first kappa shape index (κ1) is 21.8. The predicted octanol–water partition coefficient (Wildman–Crippen LogP) is 3.78. The minimum absolute atomic E-state index is 0.0618. The summed E-state index contributed by atoms with van der Waals surface area (Å²) in [5, 5.41) is 3.22. The number of amides is 1. The number of hydrogen-bond acceptors (Lipinski definition) is 5. The summed E-state index contributed by atoms with van der Waals surface area (Å²) >= 11 is 5.85. The number of carbonyl (C=O) groups is 1. The molecule has 30 heavy (non-hydrogen) atoms. The zero-order valence-corrected chi connectivity index (χ0v) is 17.9. The Hall–Kier alpha value is -2.94. The van der Waals surface area contributed by atoms with Crippen LogP contribution < -0.4 is 14.8 Å². The molecule has 0 saturated carbocycles. The molecule has 1 aromatic heterocycles. The van der Waals surface area contributed by atoms with E-state index in [1.54, 1.807) is 42.6 Å². The molecule has 156 valence electrons. The lowest BCUT2D eigenvalue weighted by molar-refractivity contribution is 0.102. The van der Waals surface area contributed by atoms with Gasteiger partial charge in [-0.25, -0.2) is 18.1 Å². The molecule has 0 aliphatic carbocycles. The van der Waals surface area contributed by atoms with Gasteiger partial charge in [0.1, 0.15) is 16.5 Å². The average molecular weight is 446 g/mol. The molecule has 2 N–H and O–H groups in total. The zero-order chi connectivity index (χ0) is 21.7. The van der Waals surface area contributed by atoms with Crippen LogP contribution in [0.3, 0.4) is 0 Å². The quantitative estimate of drug-likeness (QED) is 0.576. The molecule has 1 heterocycles. The monoisotopic (exact) mass is 445 g/mol. The molecule has 0 radical (unpaired) electrons. The molecule has 0 fully saturated rings. The van der Waals surface area contributed by atoms with Crippen LogP contribution in [0.5, 0.6) is 5.75 Å². The summed E-state index contributed by atoms with van der Waals surface area (Å²) in [6.45, 7) is 1.94. The average Bonchev–Trinajstić information content (AvgIpc) is 2.73. The van der Waals surface area contributed by atoms with Crippen molar-refractivity contribution in [1.82, 2.24) is 9.71 Å². The number of aryl methyl sites for hydroxylation is 1. The van der Waals surface area contributed by atoms with Crippen molar-refractivity contribution in [3.63, 3.8) is 0 Å². The first-order valence-electron chi connectivity index (χ1n) is 8.94. The van der Waals surface area contributed by atoms with E-state index in [1.165, 1.54) is 25.3 Å². The van der Waals surface area contributed by atoms with Crippen LogP contribution >= 0.6 is 11.6 Å². The summed E-state index contributed by atoms with van der Waals surface area (Å²) < 4.78 is 33.4. The van der Waals surface area contributed by atoms with E-state index in [0.29, 0.717) is 10.8 Å². The summed E-state index contributed by atoms with van der Waals surface area (Å²) in [5.41, 5.74) is 1.83. The van der Waals surface area contributed by atoms with Crippen LogP contribution in [0.25, 0.3) is 0 Å². The molecular weight excluding hydrogens is 426 g/mol. The molecule has 1 amide bonds. The summed E-state index contributed by atoms with van der Waals surface area (Å²) in [7, 11) is -2.59. The largest absolute Gasteiger partial charge is 0.495 e. The van der Waals surface area contributed by atoms with Gasteiger partial charge in [-0.1, -0.05) is 23.7 Å². The SMILES string of the molecule is COc1ccc(C(=O)Nc2cc(C)ccn2)cc1S(=O)(=O)NCc1ccc(Cl)cc1. The number of pyridine rings is 1. The Labute approximate surface area is 180 Å². The predicted molar refractivity (Wildman–Crippen MR) is 115 cm³/mol. The van der Waals surface area contributed by atoms with E-state index in [-0.39, 0.29) is 22.8 Å². The van der Waals surface area contributed by atoms with Crippen molar-refractivity contribution >= 4 is 33.3 Å². The van der Waals surface area contributed by atoms with E-state index in [2.05, 4.69) is 15.0 Å². The molecule has 2 aromatic carbocycles. The van der Waals surface area contributed by atoms with E-state index in [1.807, 2.05) is 6.92 Å². The number of methoxy groups -OCH3 is 1. The highest BCUT2D eigenvalue weighted by atomic mass is 35.5. The molecule has 9 heteroatoms. The Kier molecular flexibility index (Phi) is 6.71. The smallest absolute Gasteiger partial charge is 0.256 e. The third-order valence-electron chi connectivity index (χ3n) is 4.25. The van der Waals surface area contributed by atoms with E-state index in [4.69, 9.17) is 16.3 Å². The van der Waals surface area contributed by atoms with Gasteiger partial charge >= 0.3 is 0 Å². The van der Waals surface area contributed by atoms with E-state index >= 15 is 0 Å². The topological polar surface area (TPSA) is 97.4 Å². The molecule has 0 aliphatic rings. The lowest BCUT2D eigenvalue weighted by Gasteiger charge is -2.13. The van der Waals surface area contributed by atoms with Crippen LogP contribution in [-0.4, -0.2) is 26.4 Å². The lowest BCUT2D eigenvalue weighted by Crippen LogP contribution is -2.24. The standard InChI is InChI=1S/C21H20ClN3O4S/c1-14-9-10-23-20(11-14)25-21(26)16-5-8-18(29-2)19(12-16)30(27,28)24-13-15-3-6-17(22)7-4-15/h3-12,24H,13H2,1-2H3,(H,23,25,26). The Morgan fingerprint density at radius 3 is 2.50 bits per heavy atom. The van der Waals surface area contributed by atoms with Crippen molar-refractivity contribution in [3.8, 4) is 5.75 Å². The van der Waals surface area contributed by atoms with Crippen LogP contribution in [0.2, 0.25) is 5.02 Å². The molecule has 3 rings (SSSR count). The van der Waals surface area contributed by atoms with Gasteiger partial charge in [-0.05, 0) is 60.5 Å². The van der Waals surface area contributed by atoms with Crippen molar-refractivity contribution in [1.29, 1.82) is 0 Å². The lowest BCUT2D eigenvalue weighted by atomic mass is 10.2. The number of carbonyl (C=O) groups excluding carboxylic acids is 1. The second-order valence-electron chi connectivity index (χ2n) is 6.49. The number of benzene rings is 2. The first-order chi connectivity index (χ1) is 14.3. The second-order valence-corrected chi connectivity index (χ2v) is 8.66. The molecule has 0 saturated heterocycles. The van der Waals surface area contributed by atoms with Crippen molar-refractivity contribution in [2.45, 2.75) is 18.4 Å². The summed E-state index contributed by atoms with van der Waals surface area (Å²) in [4.78, 5) is 16.5. The van der Waals surface area contributed by atoms with Gasteiger partial charge in [0.2, 0.25) is 10.0 Å². The van der Waals surface area contributed by atoms with Gasteiger partial charge < -0.3 is 10.1 Å². The highest BCUT2D eigenvalue weighted by Gasteiger charge is 2.22. The number of nitrogens with one attached hydrogen (secondary N) is 2. The molecule has 0 atom stereocenters. The van der Waals surface area contributed by atoms with Crippen LogP contribution in [0.4, 0.5) is 5.82 Å². The van der Waals surface area contributed by atoms with Gasteiger partial charge in [-0.3, -0.25) is 4.79 Å². The van der Waals surface area contributed by atoms with Crippen molar-refractivity contribution < 1.29 is 17.9 Å². The first-order valence-corrected chi connectivity index (χ1v) is 10.8. The Balaban J connectivity index is 1.83. The maximum Gasteiger partial charge on any atom is 0.256 e. The highest BCUT2D eigenvalue weighted by Crippen LogP contribution is 2.25. The summed E-state index contributed by atoms with van der Waals surface area (Å²) in [6, 6.07) is 14.5. The minimum atomic E-state index is -3.95. The molecule has 7 nitrogen and oxygen atoms in total. The van der Waals surface area contributed by atoms with Crippen LogP contribution in [0.15, 0.2) is 65.7 Å². The van der Waals surface area contributed by atoms with Crippen molar-refractivity contribution in [2.75, 3.05) is 12.4 Å². The van der Waals surface area contributed by atoms with Crippen LogP contribution in [0, 0.1) is 6.92 Å². The number of nitrogens with zero attached hydrogens (tertiary/aromatic N) is 1. The number of sulfonamides is 1. The van der Waals surface area contributed by atoms with E-state index < -0.39 is 15.9 Å². The normalized spacial score (nSPS) is 11.2. The molecular formula is C21H20ClN3O4S. The third-order valence-corrected chi connectivity index (χ3v) is 5.93. The Morgan fingerprint density at radius 2 is 1.83 bits per heavy atom. The minimum Gasteiger partial charge on any atom is -0.495 e. The van der Waals surface area contributed by atoms with Gasteiger partial charge in [-0.15, -0.1) is 0 Å². The summed E-state index contributed by atoms with van der Waals surface area (Å²) in [6.07, 6.45) is 1.58. The molecule has 0 spiro atoms. The maximum absolute atomic E-state index is 12.9. The molecule has 0 aliphatic heterocycles. The number of halogens is 1. The molecule has 0 bridgehead atoms. The molecule has 0 unspecified atom stereocenters. The number of hydrogen-bond donors (Lipinski definition) is 2. The zero-order valence-electron chi connectivity index (χ0n) is 16.3. The third kappa shape index (κ3) is 5.35. The Bertz CT molecular complexity index is 1170. The van der Waals surface area contributed by atoms with Gasteiger partial charge in [0.15, 0.2) is 0 Å². The second kappa shape index (κ2) is 9.25. The fourth-order valence-electron chi connectivity index (χ4n) is 2.68. The fourth-order valence-corrected chi connectivity index (χ4v) is 4.02. The van der Waals surface area contributed by atoms with Gasteiger partial charge in [0, 0.05) is 23.3 Å².